The maximum Gasteiger partial charge on any atom is 0.264 e. The van der Waals surface area contributed by atoms with Crippen LogP contribution in [0.4, 0.5) is 10.1 Å². The zero-order valence-corrected chi connectivity index (χ0v) is 15.9. The van der Waals surface area contributed by atoms with Gasteiger partial charge in [-0.1, -0.05) is 0 Å². The third-order valence-corrected chi connectivity index (χ3v) is 5.34. The molecular formula is C21H22FNO5. The second kappa shape index (κ2) is 7.41. The van der Waals surface area contributed by atoms with E-state index in [4.69, 9.17) is 18.9 Å². The molecule has 2 heterocycles. The lowest BCUT2D eigenvalue weighted by atomic mass is 9.86. The highest BCUT2D eigenvalue weighted by Gasteiger charge is 2.35. The first kappa shape index (κ1) is 18.7. The van der Waals surface area contributed by atoms with E-state index in [9.17, 15) is 9.18 Å². The third kappa shape index (κ3) is 3.43. The molecule has 0 radical (unpaired) electrons. The highest BCUT2D eigenvalue weighted by molar-refractivity contribution is 5.97. The van der Waals surface area contributed by atoms with Crippen molar-refractivity contribution in [3.8, 4) is 17.2 Å². The van der Waals surface area contributed by atoms with E-state index in [2.05, 4.69) is 0 Å². The first-order chi connectivity index (χ1) is 13.5. The van der Waals surface area contributed by atoms with E-state index in [1.54, 1.807) is 38.4 Å². The number of amides is 1. The standard InChI is InChI=1S/C21H22FNO5/c1-23-18-4-3-16(12-19(18)27-13-20(23)24)28-17-10-14(9-15(22)11-17)21(25-2)5-7-26-8-6-21/h3-4,9-12H,5-8,13H2,1-2H3. The maximum absolute atomic E-state index is 14.3. The Labute approximate surface area is 162 Å². The predicted octanol–water partition coefficient (Wildman–Crippen LogP) is 3.63. The summed E-state index contributed by atoms with van der Waals surface area (Å²) in [6, 6.07) is 9.79. The van der Waals surface area contributed by atoms with Crippen molar-refractivity contribution in [3.05, 3.63) is 47.8 Å². The van der Waals surface area contributed by atoms with Gasteiger partial charge < -0.3 is 23.8 Å². The predicted molar refractivity (Wildman–Crippen MR) is 101 cm³/mol. The molecule has 0 saturated carbocycles. The third-order valence-electron chi connectivity index (χ3n) is 5.34. The minimum atomic E-state index is -0.583. The van der Waals surface area contributed by atoms with Crippen molar-refractivity contribution in [1.29, 1.82) is 0 Å². The summed E-state index contributed by atoms with van der Waals surface area (Å²) in [7, 11) is 3.33. The van der Waals surface area contributed by atoms with Crippen LogP contribution >= 0.6 is 0 Å². The summed E-state index contributed by atoms with van der Waals surface area (Å²) in [4.78, 5) is 13.3. The van der Waals surface area contributed by atoms with Crippen LogP contribution in [0.3, 0.4) is 0 Å². The van der Waals surface area contributed by atoms with E-state index in [0.29, 0.717) is 49.0 Å². The average molecular weight is 387 g/mol. The summed E-state index contributed by atoms with van der Waals surface area (Å²) in [5.74, 6) is 0.913. The molecule has 6 nitrogen and oxygen atoms in total. The molecule has 0 aromatic heterocycles. The van der Waals surface area contributed by atoms with E-state index in [1.807, 2.05) is 0 Å². The van der Waals surface area contributed by atoms with E-state index < -0.39 is 11.4 Å². The maximum atomic E-state index is 14.3. The molecule has 0 unspecified atom stereocenters. The first-order valence-electron chi connectivity index (χ1n) is 9.16. The number of likely N-dealkylation sites (N-methyl/N-ethyl adjacent to an activating group) is 1. The topological polar surface area (TPSA) is 57.2 Å². The molecule has 1 amide bonds. The van der Waals surface area contributed by atoms with Gasteiger partial charge in [-0.2, -0.15) is 0 Å². The summed E-state index contributed by atoms with van der Waals surface area (Å²) in [5, 5.41) is 0. The van der Waals surface area contributed by atoms with Gasteiger partial charge in [-0.3, -0.25) is 4.79 Å². The highest BCUT2D eigenvalue weighted by Crippen LogP contribution is 2.39. The molecule has 7 heteroatoms. The zero-order chi connectivity index (χ0) is 19.7. The van der Waals surface area contributed by atoms with Crippen molar-refractivity contribution in [2.45, 2.75) is 18.4 Å². The average Bonchev–Trinajstić information content (AvgIpc) is 2.71. The van der Waals surface area contributed by atoms with Gasteiger partial charge in [0.25, 0.3) is 5.91 Å². The lowest BCUT2D eigenvalue weighted by Gasteiger charge is -2.36. The number of rotatable bonds is 4. The van der Waals surface area contributed by atoms with Crippen LogP contribution in [0, 0.1) is 5.82 Å². The Hall–Kier alpha value is -2.64. The largest absolute Gasteiger partial charge is 0.481 e. The van der Waals surface area contributed by atoms with E-state index >= 15 is 0 Å². The summed E-state index contributed by atoms with van der Waals surface area (Å²) in [6.07, 6.45) is 1.30. The molecule has 0 aliphatic carbocycles. The van der Waals surface area contributed by atoms with Crippen LogP contribution in [-0.2, 0) is 19.9 Å². The van der Waals surface area contributed by atoms with Gasteiger partial charge in [0.2, 0.25) is 0 Å². The smallest absolute Gasteiger partial charge is 0.264 e. The first-order valence-corrected chi connectivity index (χ1v) is 9.16. The minimum absolute atomic E-state index is 0.0184. The number of hydrogen-bond acceptors (Lipinski definition) is 5. The van der Waals surface area contributed by atoms with Gasteiger partial charge in [0.05, 0.1) is 11.3 Å². The number of nitrogens with zero attached hydrogens (tertiary/aromatic N) is 1. The summed E-state index contributed by atoms with van der Waals surface area (Å²) in [6.45, 7) is 1.11. The number of halogens is 1. The van der Waals surface area contributed by atoms with Crippen molar-refractivity contribution in [2.24, 2.45) is 0 Å². The Balaban J connectivity index is 1.62. The normalized spacial score (nSPS) is 18.4. The highest BCUT2D eigenvalue weighted by atomic mass is 19.1. The fraction of sp³-hybridized carbons (Fsp3) is 0.381. The molecule has 0 spiro atoms. The van der Waals surface area contributed by atoms with Gasteiger partial charge in [-0.15, -0.1) is 0 Å². The van der Waals surface area contributed by atoms with Crippen LogP contribution in [0.1, 0.15) is 18.4 Å². The van der Waals surface area contributed by atoms with Gasteiger partial charge in [-0.05, 0) is 29.8 Å². The summed E-state index contributed by atoms with van der Waals surface area (Å²) in [5.41, 5.74) is 0.817. The van der Waals surface area contributed by atoms with Crippen molar-refractivity contribution < 1.29 is 28.1 Å². The number of fused-ring (bicyclic) bond motifs is 1. The number of carbonyl (C=O) groups excluding carboxylic acids is 1. The van der Waals surface area contributed by atoms with E-state index in [1.165, 1.54) is 17.0 Å². The molecule has 2 aliphatic rings. The number of hydrogen-bond donors (Lipinski definition) is 0. The molecular weight excluding hydrogens is 365 g/mol. The van der Waals surface area contributed by atoms with Gasteiger partial charge in [0.15, 0.2) is 6.61 Å². The molecule has 0 bridgehead atoms. The van der Waals surface area contributed by atoms with E-state index in [-0.39, 0.29) is 12.5 Å². The molecule has 2 aliphatic heterocycles. The summed E-state index contributed by atoms with van der Waals surface area (Å²) < 4.78 is 36.9. The molecule has 2 aromatic rings. The molecule has 0 N–H and O–H groups in total. The van der Waals surface area contributed by atoms with Crippen LogP contribution in [0.2, 0.25) is 0 Å². The number of carbonyl (C=O) groups is 1. The van der Waals surface area contributed by atoms with Crippen LogP contribution in [0.25, 0.3) is 0 Å². The number of ether oxygens (including phenoxy) is 4. The van der Waals surface area contributed by atoms with Crippen LogP contribution in [0.5, 0.6) is 17.2 Å². The minimum Gasteiger partial charge on any atom is -0.481 e. The molecule has 1 saturated heterocycles. The molecule has 1 fully saturated rings. The number of methoxy groups -OCH3 is 1. The molecule has 0 atom stereocenters. The SMILES string of the molecule is COC1(c2cc(F)cc(Oc3ccc4c(c3)OCC(=O)N4C)c2)CCOCC1. The fourth-order valence-electron chi connectivity index (χ4n) is 3.65. The number of benzene rings is 2. The molecule has 2 aromatic carbocycles. The zero-order valence-electron chi connectivity index (χ0n) is 15.9. The number of anilines is 1. The van der Waals surface area contributed by atoms with Crippen LogP contribution < -0.4 is 14.4 Å². The Morgan fingerprint density at radius 3 is 2.64 bits per heavy atom. The Morgan fingerprint density at radius 1 is 1.11 bits per heavy atom. The van der Waals surface area contributed by atoms with E-state index in [0.717, 1.165) is 5.56 Å². The molecule has 4 rings (SSSR count). The van der Waals surface area contributed by atoms with Gasteiger partial charge in [0.1, 0.15) is 23.1 Å². The van der Waals surface area contributed by atoms with Gasteiger partial charge in [0, 0.05) is 52.3 Å². The lowest BCUT2D eigenvalue weighted by molar-refractivity contribution is -0.121. The summed E-state index contributed by atoms with van der Waals surface area (Å²) >= 11 is 0. The Bertz CT molecular complexity index is 894. The van der Waals surface area contributed by atoms with Crippen molar-refractivity contribution in [1.82, 2.24) is 0 Å². The van der Waals surface area contributed by atoms with Crippen LogP contribution in [-0.4, -0.2) is 39.9 Å². The quantitative estimate of drug-likeness (QED) is 0.802. The molecule has 148 valence electrons. The van der Waals surface area contributed by atoms with Crippen molar-refractivity contribution in [3.63, 3.8) is 0 Å². The van der Waals surface area contributed by atoms with Crippen LogP contribution in [0.15, 0.2) is 36.4 Å². The fourth-order valence-corrected chi connectivity index (χ4v) is 3.65. The second-order valence-electron chi connectivity index (χ2n) is 6.96. The monoisotopic (exact) mass is 387 g/mol. The Morgan fingerprint density at radius 2 is 1.89 bits per heavy atom. The lowest BCUT2D eigenvalue weighted by Crippen LogP contribution is -2.35. The van der Waals surface area contributed by atoms with Gasteiger partial charge >= 0.3 is 0 Å². The van der Waals surface area contributed by atoms with Gasteiger partial charge in [-0.25, -0.2) is 4.39 Å². The van der Waals surface area contributed by atoms with Crippen molar-refractivity contribution in [2.75, 3.05) is 38.9 Å². The second-order valence-corrected chi connectivity index (χ2v) is 6.96. The van der Waals surface area contributed by atoms with Crippen molar-refractivity contribution >= 4 is 11.6 Å². The molecule has 28 heavy (non-hydrogen) atoms. The Kier molecular flexibility index (Phi) is 4.95.